The highest BCUT2D eigenvalue weighted by molar-refractivity contribution is 5.85. The fourth-order valence-electron chi connectivity index (χ4n) is 5.44. The van der Waals surface area contributed by atoms with Gasteiger partial charge in [0, 0.05) is 31.4 Å². The minimum atomic E-state index is -0.518. The lowest BCUT2D eigenvalue weighted by Crippen LogP contribution is -2.43. The van der Waals surface area contributed by atoms with E-state index in [9.17, 15) is 9.59 Å². The van der Waals surface area contributed by atoms with Crippen LogP contribution in [0.4, 0.5) is 4.79 Å². The summed E-state index contributed by atoms with van der Waals surface area (Å²) in [5.74, 6) is 0.0164. The van der Waals surface area contributed by atoms with Crippen molar-refractivity contribution in [2.24, 2.45) is 0 Å². The summed E-state index contributed by atoms with van der Waals surface area (Å²) >= 11 is 0. The maximum Gasteiger partial charge on any atom is 0.410 e. The van der Waals surface area contributed by atoms with E-state index in [1.54, 1.807) is 11.1 Å². The van der Waals surface area contributed by atoms with Crippen LogP contribution < -0.4 is 11.2 Å². The second-order valence-electron chi connectivity index (χ2n) is 12.0. The number of aromatic amines is 1. The van der Waals surface area contributed by atoms with E-state index in [0.717, 1.165) is 52.6 Å². The molecule has 11 nitrogen and oxygen atoms in total. The number of H-pyrrole nitrogens is 1. The van der Waals surface area contributed by atoms with Crippen LogP contribution in [0.2, 0.25) is 0 Å². The molecule has 4 aromatic rings. The predicted octanol–water partition coefficient (Wildman–Crippen LogP) is 4.85. The molecule has 0 saturated heterocycles. The summed E-state index contributed by atoms with van der Waals surface area (Å²) in [5, 5.41) is 21.3. The molecular weight excluding hydrogens is 532 g/mol. The van der Waals surface area contributed by atoms with Crippen LogP contribution in [0.1, 0.15) is 70.6 Å². The first kappa shape index (κ1) is 29.1. The van der Waals surface area contributed by atoms with Crippen LogP contribution in [0.15, 0.2) is 41.5 Å². The van der Waals surface area contributed by atoms with Crippen molar-refractivity contribution in [3.05, 3.63) is 69.3 Å². The number of aryl methyl sites for hydroxylation is 1. The largest absolute Gasteiger partial charge is 0.444 e. The minimum absolute atomic E-state index is 0.0129. The van der Waals surface area contributed by atoms with Gasteiger partial charge >= 0.3 is 6.09 Å². The number of nitrogens with zero attached hydrogens (tertiary/aromatic N) is 5. The van der Waals surface area contributed by atoms with Gasteiger partial charge in [0.2, 0.25) is 5.62 Å². The van der Waals surface area contributed by atoms with Gasteiger partial charge in [0.15, 0.2) is 0 Å². The average Bonchev–Trinajstić information content (AvgIpc) is 3.57. The molecular formula is C31H40N8O3. The quantitative estimate of drug-likeness (QED) is 0.166. The molecule has 0 radical (unpaired) electrons. The Bertz CT molecular complexity index is 1770. The molecule has 1 aliphatic rings. The second-order valence-corrected chi connectivity index (χ2v) is 12.0. The van der Waals surface area contributed by atoms with Gasteiger partial charge in [-0.05, 0) is 63.3 Å². The van der Waals surface area contributed by atoms with E-state index in [1.165, 1.54) is 12.5 Å². The van der Waals surface area contributed by atoms with Crippen LogP contribution in [-0.2, 0) is 30.8 Å². The molecule has 3 aromatic heterocycles. The molecule has 0 unspecified atom stereocenters. The Labute approximate surface area is 244 Å². The number of ether oxygens (including phenoxy) is 1. The van der Waals surface area contributed by atoms with Gasteiger partial charge in [-0.25, -0.2) is 9.36 Å². The van der Waals surface area contributed by atoms with E-state index in [2.05, 4.69) is 35.2 Å². The predicted molar refractivity (Wildman–Crippen MR) is 162 cm³/mol. The number of carbonyl (C=O) groups excluding carboxylic acids is 1. The van der Waals surface area contributed by atoms with Crippen molar-refractivity contribution in [2.45, 2.75) is 85.5 Å². The molecule has 3 N–H and O–H groups in total. The Morgan fingerprint density at radius 3 is 2.67 bits per heavy atom. The number of hydrogen-bond acceptors (Lipinski definition) is 6. The molecule has 1 amide bonds. The Hall–Kier alpha value is -4.41. The van der Waals surface area contributed by atoms with Crippen molar-refractivity contribution in [1.82, 2.24) is 28.8 Å². The molecule has 0 bridgehead atoms. The van der Waals surface area contributed by atoms with Crippen LogP contribution in [0, 0.1) is 10.8 Å². The molecule has 0 aliphatic carbocycles. The van der Waals surface area contributed by atoms with Crippen LogP contribution in [0.25, 0.3) is 22.3 Å². The van der Waals surface area contributed by atoms with Crippen molar-refractivity contribution >= 4 is 23.0 Å². The SMILES string of the molecule is CCCCCn1c(=N)n(C(C)=N)c(=O)c2[nH]c(-c3cnn(Cc4ccc5c(c4)CCN(C(=O)OC(C)(C)C)C5)c3)cc21. The molecule has 4 heterocycles. The van der Waals surface area contributed by atoms with Gasteiger partial charge in [0.05, 0.1) is 24.0 Å². The van der Waals surface area contributed by atoms with Gasteiger partial charge in [-0.15, -0.1) is 0 Å². The van der Waals surface area contributed by atoms with E-state index >= 15 is 0 Å². The first-order valence-corrected chi connectivity index (χ1v) is 14.5. The molecule has 1 aliphatic heterocycles. The summed E-state index contributed by atoms with van der Waals surface area (Å²) in [7, 11) is 0. The molecule has 5 rings (SSSR count). The van der Waals surface area contributed by atoms with Crippen LogP contribution in [0.3, 0.4) is 0 Å². The number of carbonyl (C=O) groups is 1. The van der Waals surface area contributed by atoms with Crippen molar-refractivity contribution < 1.29 is 9.53 Å². The highest BCUT2D eigenvalue weighted by Gasteiger charge is 2.26. The third-order valence-electron chi connectivity index (χ3n) is 7.52. The number of aromatic nitrogens is 5. The fraction of sp³-hybridized carbons (Fsp3) is 0.452. The molecule has 1 aromatic carbocycles. The lowest BCUT2D eigenvalue weighted by molar-refractivity contribution is 0.0224. The number of hydrogen-bond donors (Lipinski definition) is 3. The van der Waals surface area contributed by atoms with E-state index in [0.29, 0.717) is 37.2 Å². The Morgan fingerprint density at radius 2 is 1.95 bits per heavy atom. The Morgan fingerprint density at radius 1 is 1.17 bits per heavy atom. The van der Waals surface area contributed by atoms with E-state index in [1.807, 2.05) is 42.3 Å². The summed E-state index contributed by atoms with van der Waals surface area (Å²) in [4.78, 5) is 30.7. The van der Waals surface area contributed by atoms with E-state index < -0.39 is 11.2 Å². The summed E-state index contributed by atoms with van der Waals surface area (Å²) in [5.41, 5.74) is 5.19. The molecule has 0 spiro atoms. The molecule has 222 valence electrons. The Kier molecular flexibility index (Phi) is 7.94. The van der Waals surface area contributed by atoms with Gasteiger partial charge in [-0.1, -0.05) is 38.0 Å². The highest BCUT2D eigenvalue weighted by atomic mass is 16.6. The lowest BCUT2D eigenvalue weighted by Gasteiger charge is -2.31. The van der Waals surface area contributed by atoms with Crippen molar-refractivity contribution in [2.75, 3.05) is 6.54 Å². The standard InChI is InChI=1S/C31H40N8O3/c1-6-7-8-12-38-26-15-25(35-27(26)28(40)39(20(2)32)29(38)33)24-16-34-37(19-24)17-21-9-10-23-18-36(13-11-22(23)14-21)30(41)42-31(3,4)5/h9-10,14-16,19,32-33,35H,6-8,11-13,17-18H2,1-5H3. The Balaban J connectivity index is 1.37. The average molecular weight is 573 g/mol. The second kappa shape index (κ2) is 11.5. The normalized spacial score (nSPS) is 13.4. The third kappa shape index (κ3) is 5.95. The van der Waals surface area contributed by atoms with E-state index in [4.69, 9.17) is 15.6 Å². The zero-order chi connectivity index (χ0) is 30.2. The van der Waals surface area contributed by atoms with E-state index in [-0.39, 0.29) is 17.5 Å². The number of fused-ring (bicyclic) bond motifs is 2. The third-order valence-corrected chi connectivity index (χ3v) is 7.52. The van der Waals surface area contributed by atoms with Gasteiger partial charge in [-0.2, -0.15) is 5.10 Å². The smallest absolute Gasteiger partial charge is 0.410 e. The van der Waals surface area contributed by atoms with Crippen LogP contribution in [-0.4, -0.2) is 52.9 Å². The minimum Gasteiger partial charge on any atom is -0.444 e. The number of nitrogens with one attached hydrogen (secondary N) is 3. The molecule has 0 atom stereocenters. The lowest BCUT2D eigenvalue weighted by atomic mass is 9.97. The van der Waals surface area contributed by atoms with Crippen molar-refractivity contribution in [3.8, 4) is 11.3 Å². The molecule has 42 heavy (non-hydrogen) atoms. The van der Waals surface area contributed by atoms with Gasteiger partial charge in [0.1, 0.15) is 17.0 Å². The number of unbranched alkanes of at least 4 members (excludes halogenated alkanes) is 2. The molecule has 11 heteroatoms. The van der Waals surface area contributed by atoms with Crippen molar-refractivity contribution in [1.29, 1.82) is 10.8 Å². The van der Waals surface area contributed by atoms with Crippen LogP contribution >= 0.6 is 0 Å². The summed E-state index contributed by atoms with van der Waals surface area (Å²) in [6.07, 6.45) is 7.15. The fourth-order valence-corrected chi connectivity index (χ4v) is 5.44. The highest BCUT2D eigenvalue weighted by Crippen LogP contribution is 2.25. The van der Waals surface area contributed by atoms with Crippen LogP contribution in [0.5, 0.6) is 0 Å². The summed E-state index contributed by atoms with van der Waals surface area (Å²) < 4.78 is 10.4. The number of benzene rings is 1. The monoisotopic (exact) mass is 572 g/mol. The maximum absolute atomic E-state index is 13.2. The van der Waals surface area contributed by atoms with Crippen molar-refractivity contribution in [3.63, 3.8) is 0 Å². The van der Waals surface area contributed by atoms with Gasteiger partial charge in [0.25, 0.3) is 5.56 Å². The first-order chi connectivity index (χ1) is 19.9. The summed E-state index contributed by atoms with van der Waals surface area (Å²) in [6, 6.07) is 8.23. The van der Waals surface area contributed by atoms with Gasteiger partial charge < -0.3 is 19.2 Å². The number of rotatable bonds is 7. The zero-order valence-corrected chi connectivity index (χ0v) is 25.1. The van der Waals surface area contributed by atoms with Gasteiger partial charge in [-0.3, -0.25) is 20.3 Å². The number of amides is 1. The molecule has 0 saturated carbocycles. The first-order valence-electron chi connectivity index (χ1n) is 14.5. The topological polar surface area (TPSA) is 138 Å². The maximum atomic E-state index is 13.2. The zero-order valence-electron chi connectivity index (χ0n) is 25.1. The summed E-state index contributed by atoms with van der Waals surface area (Å²) in [6.45, 7) is 11.6. The molecule has 0 fully saturated rings.